The molecule has 0 spiro atoms. The van der Waals surface area contributed by atoms with Crippen molar-refractivity contribution < 1.29 is 48.4 Å². The molecule has 0 aliphatic heterocycles. The Hall–Kier alpha value is 1.11. The maximum atomic E-state index is 10.3. The molecule has 0 aromatic carbocycles. The van der Waals surface area contributed by atoms with Crippen molar-refractivity contribution >= 4 is 7.82 Å². The van der Waals surface area contributed by atoms with Gasteiger partial charge in [0.25, 0.3) is 7.82 Å². The van der Waals surface area contributed by atoms with Gasteiger partial charge in [0, 0.05) is 0 Å². The van der Waals surface area contributed by atoms with Crippen LogP contribution in [0.2, 0.25) is 0 Å². The van der Waals surface area contributed by atoms with E-state index in [1.165, 1.54) is 44.9 Å². The molecule has 6 heteroatoms. The van der Waals surface area contributed by atoms with Gasteiger partial charge in [0.15, 0.2) is 0 Å². The molecule has 0 amide bonds. The van der Waals surface area contributed by atoms with Gasteiger partial charge < -0.3 is 14.3 Å². The minimum Gasteiger partial charge on any atom is -0.756 e. The van der Waals surface area contributed by atoms with Gasteiger partial charge in [-0.25, -0.2) is 0 Å². The molecule has 0 fully saturated rings. The van der Waals surface area contributed by atoms with E-state index in [0.29, 0.717) is 6.42 Å². The van der Waals surface area contributed by atoms with Crippen molar-refractivity contribution in [2.75, 3.05) is 6.61 Å². The topological polar surface area (TPSA) is 69.6 Å². The van der Waals surface area contributed by atoms with Gasteiger partial charge in [-0.1, -0.05) is 64.7 Å². The number of phosphoric acid groups is 1. The first kappa shape index (κ1) is 21.4. The fraction of sp³-hybridized carbons (Fsp3) is 1.00. The fourth-order valence-electron chi connectivity index (χ4n) is 1.77. The first-order valence-corrected chi connectivity index (χ1v) is 8.24. The third-order valence-corrected chi connectivity index (χ3v) is 3.26. The Balaban J connectivity index is 0. The van der Waals surface area contributed by atoms with Crippen LogP contribution in [0.5, 0.6) is 0 Å². The molecule has 18 heavy (non-hydrogen) atoms. The summed E-state index contributed by atoms with van der Waals surface area (Å²) in [6.45, 7) is 2.32. The van der Waals surface area contributed by atoms with Crippen LogP contribution in [0.25, 0.3) is 0 Å². The Labute approximate surface area is 133 Å². The summed E-state index contributed by atoms with van der Waals surface area (Å²) in [5.41, 5.74) is 0. The molecule has 4 nitrogen and oxygen atoms in total. The molecule has 1 atom stereocenters. The SMILES string of the molecule is CCCCCCCCCCCCOP(=O)([O-])O.[Na+]. The molecule has 0 aromatic rings. The molecule has 0 aliphatic carbocycles. The quantitative estimate of drug-likeness (QED) is 0.320. The molecule has 0 aliphatic rings. The second-order valence-corrected chi connectivity index (χ2v) is 5.68. The second-order valence-electron chi connectivity index (χ2n) is 4.48. The van der Waals surface area contributed by atoms with E-state index in [1.807, 2.05) is 0 Å². The van der Waals surface area contributed by atoms with E-state index in [-0.39, 0.29) is 36.2 Å². The molecule has 0 heterocycles. The van der Waals surface area contributed by atoms with Crippen LogP contribution in [0.3, 0.4) is 0 Å². The molecule has 104 valence electrons. The Morgan fingerprint density at radius 1 is 0.944 bits per heavy atom. The summed E-state index contributed by atoms with van der Waals surface area (Å²) in [6, 6.07) is 0. The van der Waals surface area contributed by atoms with Crippen LogP contribution in [0, 0.1) is 0 Å². The summed E-state index contributed by atoms with van der Waals surface area (Å²) in [4.78, 5) is 18.6. The van der Waals surface area contributed by atoms with E-state index in [9.17, 15) is 9.46 Å². The van der Waals surface area contributed by atoms with Crippen LogP contribution in [0.4, 0.5) is 0 Å². The molecular formula is C12H26NaO4P. The molecule has 0 saturated carbocycles. The monoisotopic (exact) mass is 288 g/mol. The zero-order valence-electron chi connectivity index (χ0n) is 11.9. The van der Waals surface area contributed by atoms with Crippen LogP contribution >= 0.6 is 7.82 Å². The molecule has 0 radical (unpaired) electrons. The predicted molar refractivity (Wildman–Crippen MR) is 67.6 cm³/mol. The van der Waals surface area contributed by atoms with Gasteiger partial charge in [0.1, 0.15) is 0 Å². The molecule has 0 rings (SSSR count). The van der Waals surface area contributed by atoms with Crippen molar-refractivity contribution in [3.8, 4) is 0 Å². The number of rotatable bonds is 12. The largest absolute Gasteiger partial charge is 1.00 e. The summed E-state index contributed by atoms with van der Waals surface area (Å²) < 4.78 is 14.5. The number of unbranched alkanes of at least 4 members (excludes halogenated alkanes) is 9. The minimum absolute atomic E-state index is 0. The molecule has 0 bridgehead atoms. The molecule has 0 saturated heterocycles. The summed E-state index contributed by atoms with van der Waals surface area (Å²) >= 11 is 0. The Morgan fingerprint density at radius 2 is 1.33 bits per heavy atom. The van der Waals surface area contributed by atoms with Crippen molar-refractivity contribution in [1.29, 1.82) is 0 Å². The summed E-state index contributed by atoms with van der Waals surface area (Å²) in [5, 5.41) is 0. The van der Waals surface area contributed by atoms with Crippen molar-refractivity contribution in [3.63, 3.8) is 0 Å². The molecule has 1 N–H and O–H groups in total. The predicted octanol–water partition coefficient (Wildman–Crippen LogP) is 0.389. The number of phosphoric ester groups is 1. The third-order valence-electron chi connectivity index (χ3n) is 2.75. The second kappa shape index (κ2) is 14.5. The van der Waals surface area contributed by atoms with Gasteiger partial charge in [0.05, 0.1) is 6.61 Å². The van der Waals surface area contributed by atoms with Crippen LogP contribution < -0.4 is 34.5 Å². The van der Waals surface area contributed by atoms with E-state index in [4.69, 9.17) is 4.89 Å². The Kier molecular flexibility index (Phi) is 17.3. The average Bonchev–Trinajstić information content (AvgIpc) is 2.24. The van der Waals surface area contributed by atoms with E-state index in [2.05, 4.69) is 11.4 Å². The normalized spacial score (nSPS) is 13.9. The fourth-order valence-corrected chi connectivity index (χ4v) is 2.13. The van der Waals surface area contributed by atoms with Crippen molar-refractivity contribution in [1.82, 2.24) is 0 Å². The van der Waals surface area contributed by atoms with Crippen molar-refractivity contribution in [3.05, 3.63) is 0 Å². The van der Waals surface area contributed by atoms with Gasteiger partial charge in [-0.05, 0) is 6.42 Å². The Bertz CT molecular complexity index is 208. The van der Waals surface area contributed by atoms with Gasteiger partial charge in [-0.3, -0.25) is 4.57 Å². The summed E-state index contributed by atoms with van der Waals surface area (Å²) in [6.07, 6.45) is 11.9. The first-order chi connectivity index (χ1) is 8.06. The van der Waals surface area contributed by atoms with E-state index < -0.39 is 7.82 Å². The van der Waals surface area contributed by atoms with Crippen molar-refractivity contribution in [2.45, 2.75) is 71.1 Å². The van der Waals surface area contributed by atoms with Gasteiger partial charge in [0.2, 0.25) is 0 Å². The Morgan fingerprint density at radius 3 is 1.72 bits per heavy atom. The van der Waals surface area contributed by atoms with Crippen LogP contribution in [0.15, 0.2) is 0 Å². The van der Waals surface area contributed by atoms with Crippen LogP contribution in [0.1, 0.15) is 71.1 Å². The summed E-state index contributed by atoms with van der Waals surface area (Å²) in [5.74, 6) is 0. The standard InChI is InChI=1S/C12H27O4P.Na/c1-2-3-4-5-6-7-8-9-10-11-12-16-17(13,14)15;/h2-12H2,1H3,(H2,13,14,15);/q;+1/p-1. The average molecular weight is 288 g/mol. The third kappa shape index (κ3) is 19.4. The minimum atomic E-state index is -4.49. The van der Waals surface area contributed by atoms with Gasteiger partial charge >= 0.3 is 29.6 Å². The van der Waals surface area contributed by atoms with E-state index >= 15 is 0 Å². The smallest absolute Gasteiger partial charge is 0.756 e. The zero-order chi connectivity index (χ0) is 13.0. The molecule has 1 unspecified atom stereocenters. The van der Waals surface area contributed by atoms with Gasteiger partial charge in [-0.15, -0.1) is 0 Å². The molecular weight excluding hydrogens is 262 g/mol. The maximum Gasteiger partial charge on any atom is 1.00 e. The van der Waals surface area contributed by atoms with Gasteiger partial charge in [-0.2, -0.15) is 0 Å². The van der Waals surface area contributed by atoms with E-state index in [1.54, 1.807) is 0 Å². The number of hydrogen-bond acceptors (Lipinski definition) is 3. The number of hydrogen-bond donors (Lipinski definition) is 1. The zero-order valence-corrected chi connectivity index (χ0v) is 14.8. The molecule has 0 aromatic heterocycles. The van der Waals surface area contributed by atoms with Crippen molar-refractivity contribution in [2.24, 2.45) is 0 Å². The van der Waals surface area contributed by atoms with Crippen LogP contribution in [-0.4, -0.2) is 11.5 Å². The van der Waals surface area contributed by atoms with Crippen LogP contribution in [-0.2, 0) is 9.09 Å². The van der Waals surface area contributed by atoms with E-state index in [0.717, 1.165) is 12.8 Å². The first-order valence-electron chi connectivity index (χ1n) is 6.74. The maximum absolute atomic E-state index is 10.3. The summed E-state index contributed by atoms with van der Waals surface area (Å²) in [7, 11) is -4.49.